The van der Waals surface area contributed by atoms with Gasteiger partial charge in [0.25, 0.3) is 0 Å². The maximum absolute atomic E-state index is 12.3. The zero-order valence-corrected chi connectivity index (χ0v) is 6.08. The van der Waals surface area contributed by atoms with Crippen LogP contribution in [0.4, 0.5) is 8.78 Å². The number of allylic oxidation sites excluding steroid dienone is 4. The second-order valence-electron chi connectivity index (χ2n) is 1.65. The summed E-state index contributed by atoms with van der Waals surface area (Å²) in [6.07, 6.45) is 3.22. The maximum atomic E-state index is 12.3. The number of hydrogen-bond acceptors (Lipinski definition) is 0. The Labute approximate surface area is 60.4 Å². The molecule has 0 unspecified atom stereocenters. The highest BCUT2D eigenvalue weighted by Crippen LogP contribution is 2.29. The predicted octanol–water partition coefficient (Wildman–Crippen LogP) is 3.02. The molecule has 0 aromatic heterocycles. The van der Waals surface area contributed by atoms with Crippen molar-refractivity contribution in [3.8, 4) is 0 Å². The zero-order chi connectivity index (χ0) is 6.85. The van der Waals surface area contributed by atoms with Gasteiger partial charge in [0.15, 0.2) is 11.7 Å². The van der Waals surface area contributed by atoms with Gasteiger partial charge in [-0.1, -0.05) is 15.9 Å². The van der Waals surface area contributed by atoms with E-state index >= 15 is 0 Å². The summed E-state index contributed by atoms with van der Waals surface area (Å²) in [5.74, 6) is -1.58. The van der Waals surface area contributed by atoms with Crippen molar-refractivity contribution in [1.29, 1.82) is 0 Å². The molecular weight excluding hydrogens is 190 g/mol. The van der Waals surface area contributed by atoms with Crippen LogP contribution in [0.3, 0.4) is 0 Å². The van der Waals surface area contributed by atoms with E-state index in [1.54, 1.807) is 6.42 Å². The number of halogens is 3. The number of rotatable bonds is 0. The van der Waals surface area contributed by atoms with Gasteiger partial charge in [-0.15, -0.1) is 0 Å². The molecule has 49 valence electrons. The van der Waals surface area contributed by atoms with Gasteiger partial charge in [0, 0.05) is 10.9 Å². The van der Waals surface area contributed by atoms with Crippen molar-refractivity contribution in [3.63, 3.8) is 0 Å². The van der Waals surface area contributed by atoms with Crippen LogP contribution in [0.15, 0.2) is 22.2 Å². The van der Waals surface area contributed by atoms with Crippen LogP contribution in [0, 0.1) is 6.42 Å². The fourth-order valence-corrected chi connectivity index (χ4v) is 0.935. The van der Waals surface area contributed by atoms with E-state index in [2.05, 4.69) is 15.9 Å². The van der Waals surface area contributed by atoms with Crippen LogP contribution in [0.5, 0.6) is 0 Å². The van der Waals surface area contributed by atoms with Gasteiger partial charge < -0.3 is 0 Å². The van der Waals surface area contributed by atoms with E-state index in [9.17, 15) is 8.78 Å². The van der Waals surface area contributed by atoms with Crippen LogP contribution in [0.25, 0.3) is 0 Å². The summed E-state index contributed by atoms with van der Waals surface area (Å²) >= 11 is 2.86. The van der Waals surface area contributed by atoms with E-state index in [0.29, 0.717) is 6.42 Å². The Morgan fingerprint density at radius 2 is 2.11 bits per heavy atom. The molecule has 0 heterocycles. The lowest BCUT2D eigenvalue weighted by molar-refractivity contribution is 0.535. The molecule has 1 radical (unpaired) electrons. The monoisotopic (exact) mass is 193 g/mol. The fourth-order valence-electron chi connectivity index (χ4n) is 0.559. The molecule has 0 aliphatic heterocycles. The van der Waals surface area contributed by atoms with Crippen LogP contribution in [0.2, 0.25) is 0 Å². The predicted molar refractivity (Wildman–Crippen MR) is 35.2 cm³/mol. The van der Waals surface area contributed by atoms with E-state index in [1.165, 1.54) is 6.08 Å². The minimum absolute atomic E-state index is 0.211. The van der Waals surface area contributed by atoms with Crippen molar-refractivity contribution in [2.45, 2.75) is 6.42 Å². The van der Waals surface area contributed by atoms with Gasteiger partial charge >= 0.3 is 0 Å². The lowest BCUT2D eigenvalue weighted by Crippen LogP contribution is -1.88. The number of hydrogen-bond donors (Lipinski definition) is 0. The molecule has 0 N–H and O–H groups in total. The van der Waals surface area contributed by atoms with E-state index in [4.69, 9.17) is 0 Å². The Bertz CT molecular complexity index is 181. The molecule has 0 saturated heterocycles. The van der Waals surface area contributed by atoms with Gasteiger partial charge in [0.1, 0.15) is 0 Å². The average molecular weight is 194 g/mol. The molecule has 0 atom stereocenters. The fraction of sp³-hybridized carbons (Fsp3) is 0.167. The topological polar surface area (TPSA) is 0 Å². The molecule has 0 spiro atoms. The first-order chi connectivity index (χ1) is 4.22. The van der Waals surface area contributed by atoms with Crippen molar-refractivity contribution in [3.05, 3.63) is 28.6 Å². The van der Waals surface area contributed by atoms with Crippen LogP contribution in [-0.4, -0.2) is 0 Å². The molecule has 0 aromatic carbocycles. The zero-order valence-electron chi connectivity index (χ0n) is 4.50. The molecule has 0 bridgehead atoms. The summed E-state index contributed by atoms with van der Waals surface area (Å²) in [6.45, 7) is 0. The van der Waals surface area contributed by atoms with Crippen LogP contribution >= 0.6 is 15.9 Å². The van der Waals surface area contributed by atoms with Crippen molar-refractivity contribution in [2.24, 2.45) is 0 Å². The van der Waals surface area contributed by atoms with Crippen molar-refractivity contribution >= 4 is 15.9 Å². The molecule has 0 nitrogen and oxygen atoms in total. The van der Waals surface area contributed by atoms with Crippen molar-refractivity contribution in [2.75, 3.05) is 0 Å². The molecule has 3 heteroatoms. The second-order valence-corrected chi connectivity index (χ2v) is 2.51. The summed E-state index contributed by atoms with van der Waals surface area (Å²) in [5, 5.41) is 0. The molecular formula is C6H4BrF2. The Morgan fingerprint density at radius 3 is 2.56 bits per heavy atom. The first kappa shape index (κ1) is 6.93. The lowest BCUT2D eigenvalue weighted by atomic mass is 10.2. The summed E-state index contributed by atoms with van der Waals surface area (Å²) in [4.78, 5) is 0. The minimum Gasteiger partial charge on any atom is -0.204 e. The lowest BCUT2D eigenvalue weighted by Gasteiger charge is -2.03. The third-order valence-corrected chi connectivity index (χ3v) is 1.69. The summed E-state index contributed by atoms with van der Waals surface area (Å²) in [5.41, 5.74) is 0. The van der Waals surface area contributed by atoms with E-state index in [1.807, 2.05) is 0 Å². The molecule has 0 fully saturated rings. The normalized spacial score (nSPS) is 20.1. The van der Waals surface area contributed by atoms with E-state index in [-0.39, 0.29) is 4.48 Å². The molecule has 1 aliphatic carbocycles. The third kappa shape index (κ3) is 1.39. The van der Waals surface area contributed by atoms with Gasteiger partial charge in [-0.05, 0) is 12.5 Å². The third-order valence-electron chi connectivity index (χ3n) is 1.01. The average Bonchev–Trinajstić information content (AvgIpc) is 1.83. The molecule has 0 aromatic rings. The van der Waals surface area contributed by atoms with Crippen molar-refractivity contribution < 1.29 is 8.78 Å². The minimum atomic E-state index is -0.804. The van der Waals surface area contributed by atoms with Gasteiger partial charge in [-0.3, -0.25) is 0 Å². The first-order valence-electron chi connectivity index (χ1n) is 2.46. The second kappa shape index (κ2) is 2.60. The Kier molecular flexibility index (Phi) is 2.01. The van der Waals surface area contributed by atoms with Crippen LogP contribution < -0.4 is 0 Å². The summed E-state index contributed by atoms with van der Waals surface area (Å²) in [6, 6.07) is 0. The quantitative estimate of drug-likeness (QED) is 0.555. The Balaban J connectivity index is 2.88. The van der Waals surface area contributed by atoms with Gasteiger partial charge in [0.2, 0.25) is 0 Å². The van der Waals surface area contributed by atoms with Gasteiger partial charge in [0.05, 0.1) is 0 Å². The SMILES string of the molecule is FC1=CC[CH]C(Br)=C1F. The summed E-state index contributed by atoms with van der Waals surface area (Å²) < 4.78 is 24.7. The highest BCUT2D eigenvalue weighted by atomic mass is 79.9. The van der Waals surface area contributed by atoms with E-state index < -0.39 is 11.7 Å². The Morgan fingerprint density at radius 1 is 1.44 bits per heavy atom. The van der Waals surface area contributed by atoms with Gasteiger partial charge in [-0.2, -0.15) is 0 Å². The molecule has 1 rings (SSSR count). The highest BCUT2D eigenvalue weighted by molar-refractivity contribution is 9.11. The molecule has 1 aliphatic rings. The Hall–Kier alpha value is -0.180. The standard InChI is InChI=1S/C6H4BrF2/c7-4-2-1-3-5(8)6(4)9/h2-3H,1H2. The highest BCUT2D eigenvalue weighted by Gasteiger charge is 2.12. The molecule has 0 saturated carbocycles. The molecule has 9 heavy (non-hydrogen) atoms. The molecule has 0 amide bonds. The van der Waals surface area contributed by atoms with Crippen LogP contribution in [0.1, 0.15) is 6.42 Å². The van der Waals surface area contributed by atoms with Crippen LogP contribution in [-0.2, 0) is 0 Å². The largest absolute Gasteiger partial charge is 0.204 e. The maximum Gasteiger partial charge on any atom is 0.168 e. The van der Waals surface area contributed by atoms with Crippen molar-refractivity contribution in [1.82, 2.24) is 0 Å². The first-order valence-corrected chi connectivity index (χ1v) is 3.25. The summed E-state index contributed by atoms with van der Waals surface area (Å²) in [7, 11) is 0. The van der Waals surface area contributed by atoms with E-state index in [0.717, 1.165) is 0 Å². The smallest absolute Gasteiger partial charge is 0.168 e. The van der Waals surface area contributed by atoms with Gasteiger partial charge in [-0.25, -0.2) is 8.78 Å².